The Morgan fingerprint density at radius 2 is 1.56 bits per heavy atom. The Labute approximate surface area is 274 Å². The van der Waals surface area contributed by atoms with Gasteiger partial charge >= 0.3 is 5.97 Å². The number of anilines is 3. The van der Waals surface area contributed by atoms with Crippen LogP contribution in [0.4, 0.5) is 29.0 Å². The molecule has 1 heterocycles. The van der Waals surface area contributed by atoms with Crippen molar-refractivity contribution in [3.05, 3.63) is 76.9 Å². The van der Waals surface area contributed by atoms with Crippen LogP contribution in [0, 0.1) is 0 Å². The van der Waals surface area contributed by atoms with Crippen LogP contribution in [0.15, 0.2) is 96.3 Å². The number of aromatic nitrogens is 3. The predicted molar refractivity (Wildman–Crippen MR) is 163 cm³/mol. The molecular formula is C23H18ClN9O12S3. The number of carbonyl (C=O) groups is 1. The number of halogens is 1. The molecule has 1 unspecified atom stereocenters. The number of rotatable bonds is 10. The lowest BCUT2D eigenvalue weighted by Gasteiger charge is -2.14. The number of phenols is 1. The first-order valence-electron chi connectivity index (χ1n) is 12.3. The number of nitrogens with one attached hydrogen (secondary N) is 1. The number of nitrogens with zero attached hydrogens (tertiary/aromatic N) is 7. The maximum absolute atomic E-state index is 12.1. The zero-order chi connectivity index (χ0) is 35.6. The molecule has 0 spiro atoms. The van der Waals surface area contributed by atoms with Gasteiger partial charge in [-0.05, 0) is 41.9 Å². The number of nitrogen functional groups attached to an aromatic ring is 1. The van der Waals surface area contributed by atoms with Crippen LogP contribution in [0.1, 0.15) is 10.4 Å². The largest absolute Gasteiger partial charge is 0.504 e. The summed E-state index contributed by atoms with van der Waals surface area (Å²) in [7, 11) is -15.4. The predicted octanol–water partition coefficient (Wildman–Crippen LogP) is 3.21. The Morgan fingerprint density at radius 1 is 0.896 bits per heavy atom. The minimum atomic E-state index is -5.31. The molecule has 48 heavy (non-hydrogen) atoms. The van der Waals surface area contributed by atoms with Crippen LogP contribution in [0.25, 0.3) is 0 Å². The normalized spacial score (nSPS) is 16.5. The SMILES string of the molecule is Nc1nc(Cl)nc(Nc2ccc(N=NC(N=Nc3cc(S(=O)(=O)O)cc(S(=O)(=O)O)c3O)=C3C=CC=CC3S(=O)(=O)O)c(C(=O)O)c2)n1. The topological polar surface area (TPSA) is 347 Å². The molecule has 0 radical (unpaired) electrons. The molecule has 0 aliphatic heterocycles. The van der Waals surface area contributed by atoms with E-state index in [0.717, 1.165) is 24.3 Å². The van der Waals surface area contributed by atoms with Crippen LogP contribution in [-0.4, -0.2) is 75.3 Å². The van der Waals surface area contributed by atoms with E-state index in [1.807, 2.05) is 0 Å². The van der Waals surface area contributed by atoms with Crippen molar-refractivity contribution in [1.29, 1.82) is 0 Å². The average Bonchev–Trinajstić information content (AvgIpc) is 2.96. The standard InChI is InChI=1S/C23H18ClN9O12S3/c24-21-27-22(25)29-23(28-21)26-10-5-6-14(13(7-10)20(35)36)30-32-19(12-3-1-2-4-16(12)47(40,41)42)33-31-15-8-11(46(37,38)39)9-17(18(15)34)48(43,44)45/h1-9,16,34H,(H,35,36)(H,37,38,39)(H,40,41,42)(H,43,44,45)(H3,25,26,27,28,29). The molecule has 8 N–H and O–H groups in total. The van der Waals surface area contributed by atoms with Gasteiger partial charge in [-0.15, -0.1) is 20.5 Å². The Balaban J connectivity index is 1.87. The van der Waals surface area contributed by atoms with Gasteiger partial charge in [0.25, 0.3) is 30.4 Å². The molecule has 0 amide bonds. The Morgan fingerprint density at radius 3 is 2.15 bits per heavy atom. The number of nitrogens with two attached hydrogens (primary N) is 1. The lowest BCUT2D eigenvalue weighted by molar-refractivity contribution is 0.0697. The van der Waals surface area contributed by atoms with Crippen molar-refractivity contribution in [2.45, 2.75) is 15.0 Å². The Bertz CT molecular complexity index is 2310. The summed E-state index contributed by atoms with van der Waals surface area (Å²) in [4.78, 5) is 20.7. The van der Waals surface area contributed by atoms with Crippen LogP contribution < -0.4 is 11.1 Å². The van der Waals surface area contributed by atoms with Crippen molar-refractivity contribution in [3.8, 4) is 5.75 Å². The fraction of sp³-hybridized carbons (Fsp3) is 0.0435. The molecule has 21 nitrogen and oxygen atoms in total. The summed E-state index contributed by atoms with van der Waals surface area (Å²) in [5.41, 5.74) is 3.33. The van der Waals surface area contributed by atoms with Crippen LogP contribution in [0.5, 0.6) is 5.75 Å². The molecule has 1 aliphatic rings. The first-order valence-corrected chi connectivity index (χ1v) is 17.0. The second-order valence-corrected chi connectivity index (χ2v) is 13.7. The van der Waals surface area contributed by atoms with Crippen molar-refractivity contribution in [2.24, 2.45) is 20.5 Å². The van der Waals surface area contributed by atoms with Gasteiger partial charge in [0.2, 0.25) is 23.0 Å². The Hall–Kier alpha value is -5.24. The molecule has 1 atom stereocenters. The molecule has 2 aromatic carbocycles. The third-order valence-corrected chi connectivity index (χ3v) is 8.70. The van der Waals surface area contributed by atoms with Gasteiger partial charge in [0.1, 0.15) is 21.5 Å². The van der Waals surface area contributed by atoms with E-state index in [2.05, 4.69) is 40.7 Å². The van der Waals surface area contributed by atoms with Gasteiger partial charge in [0.15, 0.2) is 5.75 Å². The third-order valence-electron chi connectivity index (χ3n) is 5.78. The monoisotopic (exact) mass is 743 g/mol. The maximum Gasteiger partial charge on any atom is 0.338 e. The summed E-state index contributed by atoms with van der Waals surface area (Å²) in [6.45, 7) is 0. The van der Waals surface area contributed by atoms with Gasteiger partial charge in [-0.1, -0.05) is 24.3 Å². The number of carboxylic acid groups (broad SMARTS) is 1. The van der Waals surface area contributed by atoms with Gasteiger partial charge in [-0.3, -0.25) is 13.7 Å². The van der Waals surface area contributed by atoms with E-state index in [9.17, 15) is 53.9 Å². The minimum absolute atomic E-state index is 0.0990. The number of aromatic hydroxyl groups is 1. The molecule has 252 valence electrons. The zero-order valence-electron chi connectivity index (χ0n) is 23.2. The summed E-state index contributed by atoms with van der Waals surface area (Å²) >= 11 is 5.75. The molecule has 0 saturated heterocycles. The number of carboxylic acids is 1. The van der Waals surface area contributed by atoms with Crippen molar-refractivity contribution >= 4 is 76.9 Å². The zero-order valence-corrected chi connectivity index (χ0v) is 26.4. The van der Waals surface area contributed by atoms with Crippen molar-refractivity contribution < 1.29 is 53.9 Å². The number of phenolic OH excluding ortho intramolecular Hbond substituents is 1. The molecule has 1 aliphatic carbocycles. The molecule has 25 heteroatoms. The summed E-state index contributed by atoms with van der Waals surface area (Å²) < 4.78 is 99.8. The lowest BCUT2D eigenvalue weighted by Crippen LogP contribution is -2.21. The summed E-state index contributed by atoms with van der Waals surface area (Å²) in [5, 5.41) is 35.4. The van der Waals surface area contributed by atoms with Crippen LogP contribution >= 0.6 is 11.6 Å². The van der Waals surface area contributed by atoms with E-state index >= 15 is 0 Å². The number of allylic oxidation sites excluding steroid dienone is 3. The highest BCUT2D eigenvalue weighted by atomic mass is 35.5. The van der Waals surface area contributed by atoms with Gasteiger partial charge in [-0.2, -0.15) is 40.2 Å². The number of benzene rings is 2. The fourth-order valence-electron chi connectivity index (χ4n) is 3.74. The van der Waals surface area contributed by atoms with Crippen LogP contribution in [0.3, 0.4) is 0 Å². The fourth-order valence-corrected chi connectivity index (χ4v) is 5.92. The molecule has 0 bridgehead atoms. The van der Waals surface area contributed by atoms with E-state index in [0.29, 0.717) is 6.07 Å². The van der Waals surface area contributed by atoms with Crippen LogP contribution in [0.2, 0.25) is 5.28 Å². The number of hydrogen-bond acceptors (Lipinski definition) is 17. The molecule has 0 fully saturated rings. The first kappa shape index (κ1) is 35.6. The summed E-state index contributed by atoms with van der Waals surface area (Å²) in [6, 6.07) is 4.16. The lowest BCUT2D eigenvalue weighted by atomic mass is 10.1. The van der Waals surface area contributed by atoms with E-state index in [4.69, 9.17) is 17.3 Å². The van der Waals surface area contributed by atoms with E-state index < -0.39 is 79.8 Å². The highest BCUT2D eigenvalue weighted by Crippen LogP contribution is 2.37. The quantitative estimate of drug-likeness (QED) is 0.116. The second-order valence-electron chi connectivity index (χ2n) is 9.05. The molecule has 1 aromatic heterocycles. The van der Waals surface area contributed by atoms with E-state index in [-0.39, 0.29) is 34.6 Å². The first-order chi connectivity index (χ1) is 22.2. The molecular weight excluding hydrogens is 726 g/mol. The summed E-state index contributed by atoms with van der Waals surface area (Å²) in [6.07, 6.45) is 4.58. The van der Waals surface area contributed by atoms with Crippen molar-refractivity contribution in [3.63, 3.8) is 0 Å². The van der Waals surface area contributed by atoms with Gasteiger partial charge in [0, 0.05) is 11.3 Å². The van der Waals surface area contributed by atoms with Gasteiger partial charge in [0.05, 0.1) is 10.5 Å². The van der Waals surface area contributed by atoms with Crippen molar-refractivity contribution in [2.75, 3.05) is 11.1 Å². The molecule has 4 rings (SSSR count). The highest BCUT2D eigenvalue weighted by molar-refractivity contribution is 7.87. The second kappa shape index (κ2) is 13.5. The number of azo groups is 2. The van der Waals surface area contributed by atoms with E-state index in [1.165, 1.54) is 18.2 Å². The van der Waals surface area contributed by atoms with E-state index in [1.54, 1.807) is 0 Å². The van der Waals surface area contributed by atoms with Gasteiger partial charge < -0.3 is 21.3 Å². The van der Waals surface area contributed by atoms with Crippen molar-refractivity contribution in [1.82, 2.24) is 15.0 Å². The highest BCUT2D eigenvalue weighted by Gasteiger charge is 2.29. The third kappa shape index (κ3) is 8.56. The van der Waals surface area contributed by atoms with Gasteiger partial charge in [-0.25, -0.2) is 4.79 Å². The molecule has 0 saturated carbocycles. The molecule has 3 aromatic rings. The minimum Gasteiger partial charge on any atom is -0.504 e. The number of aromatic carboxylic acids is 1. The smallest absolute Gasteiger partial charge is 0.338 e. The average molecular weight is 744 g/mol. The van der Waals surface area contributed by atoms with Crippen LogP contribution in [-0.2, 0) is 30.4 Å². The summed E-state index contributed by atoms with van der Waals surface area (Å²) in [5.74, 6) is -4.05. The Kier molecular flexibility index (Phi) is 10.00. The number of hydrogen-bond donors (Lipinski definition) is 7. The maximum atomic E-state index is 12.1.